The summed E-state index contributed by atoms with van der Waals surface area (Å²) < 4.78 is 19.2. The van der Waals surface area contributed by atoms with Crippen LogP contribution in [0.2, 0.25) is 0 Å². The van der Waals surface area contributed by atoms with E-state index in [4.69, 9.17) is 4.42 Å². The van der Waals surface area contributed by atoms with Gasteiger partial charge in [-0.2, -0.15) is 0 Å². The van der Waals surface area contributed by atoms with Crippen molar-refractivity contribution in [2.75, 3.05) is 13.1 Å². The molecule has 1 aromatic heterocycles. The van der Waals surface area contributed by atoms with Crippen LogP contribution < -0.4 is 0 Å². The number of benzene rings is 1. The van der Waals surface area contributed by atoms with Crippen LogP contribution in [-0.4, -0.2) is 28.2 Å². The van der Waals surface area contributed by atoms with Gasteiger partial charge in [-0.25, -0.2) is 4.39 Å². The SMILES string of the molecule is Fc1ccccc1-c1nnc(CN2CCCCC2)o1. The first-order chi connectivity index (χ1) is 9.33. The number of halogens is 1. The Hall–Kier alpha value is -1.75. The van der Waals surface area contributed by atoms with E-state index < -0.39 is 0 Å². The number of nitrogens with zero attached hydrogens (tertiary/aromatic N) is 3. The molecule has 0 N–H and O–H groups in total. The molecule has 5 heteroatoms. The smallest absolute Gasteiger partial charge is 0.250 e. The number of hydrogen-bond acceptors (Lipinski definition) is 4. The van der Waals surface area contributed by atoms with E-state index in [1.165, 1.54) is 25.3 Å². The van der Waals surface area contributed by atoms with Gasteiger partial charge in [0.05, 0.1) is 12.1 Å². The number of aromatic nitrogens is 2. The van der Waals surface area contributed by atoms with Gasteiger partial charge in [-0.05, 0) is 38.1 Å². The minimum absolute atomic E-state index is 0.255. The molecule has 1 saturated heterocycles. The lowest BCUT2D eigenvalue weighted by Gasteiger charge is -2.24. The largest absolute Gasteiger partial charge is 0.419 e. The number of hydrogen-bond donors (Lipinski definition) is 0. The van der Waals surface area contributed by atoms with Crippen molar-refractivity contribution in [3.05, 3.63) is 36.0 Å². The van der Waals surface area contributed by atoms with Crippen molar-refractivity contribution >= 4 is 0 Å². The minimum Gasteiger partial charge on any atom is -0.419 e. The van der Waals surface area contributed by atoms with Gasteiger partial charge >= 0.3 is 0 Å². The molecule has 0 radical (unpaired) electrons. The first-order valence-corrected chi connectivity index (χ1v) is 6.62. The molecule has 19 heavy (non-hydrogen) atoms. The van der Waals surface area contributed by atoms with Gasteiger partial charge < -0.3 is 4.42 Å². The molecular formula is C14H16FN3O. The molecule has 2 aromatic rings. The summed E-state index contributed by atoms with van der Waals surface area (Å²) in [7, 11) is 0. The highest BCUT2D eigenvalue weighted by molar-refractivity contribution is 5.53. The average Bonchev–Trinajstić information content (AvgIpc) is 2.89. The maximum atomic E-state index is 13.6. The second-order valence-corrected chi connectivity index (χ2v) is 4.82. The lowest BCUT2D eigenvalue weighted by Crippen LogP contribution is -2.29. The summed E-state index contributed by atoms with van der Waals surface area (Å²) in [6.07, 6.45) is 3.73. The van der Waals surface area contributed by atoms with E-state index in [0.29, 0.717) is 18.0 Å². The molecule has 0 amide bonds. The highest BCUT2D eigenvalue weighted by Gasteiger charge is 2.16. The normalized spacial score (nSPS) is 16.7. The Balaban J connectivity index is 1.74. The van der Waals surface area contributed by atoms with Gasteiger partial charge in [-0.3, -0.25) is 4.90 Å². The van der Waals surface area contributed by atoms with Crippen LogP contribution in [0, 0.1) is 5.82 Å². The van der Waals surface area contributed by atoms with E-state index in [-0.39, 0.29) is 11.7 Å². The molecule has 0 spiro atoms. The number of rotatable bonds is 3. The third-order valence-corrected chi connectivity index (χ3v) is 3.38. The zero-order valence-electron chi connectivity index (χ0n) is 10.7. The zero-order valence-corrected chi connectivity index (χ0v) is 10.7. The van der Waals surface area contributed by atoms with Crippen molar-refractivity contribution in [2.24, 2.45) is 0 Å². The van der Waals surface area contributed by atoms with E-state index in [2.05, 4.69) is 15.1 Å². The zero-order chi connectivity index (χ0) is 13.1. The summed E-state index contributed by atoms with van der Waals surface area (Å²) in [4.78, 5) is 2.29. The standard InChI is InChI=1S/C14H16FN3O/c15-12-7-3-2-6-11(12)14-17-16-13(19-14)10-18-8-4-1-5-9-18/h2-3,6-7H,1,4-5,8-10H2. The maximum Gasteiger partial charge on any atom is 0.250 e. The topological polar surface area (TPSA) is 42.2 Å². The fourth-order valence-electron chi connectivity index (χ4n) is 2.37. The van der Waals surface area contributed by atoms with Crippen LogP contribution in [0.5, 0.6) is 0 Å². The Bertz CT molecular complexity index is 549. The second-order valence-electron chi connectivity index (χ2n) is 4.82. The summed E-state index contributed by atoms with van der Waals surface area (Å²) in [5.41, 5.74) is 0.361. The van der Waals surface area contributed by atoms with Gasteiger partial charge in [-0.15, -0.1) is 10.2 Å². The van der Waals surface area contributed by atoms with Gasteiger partial charge in [0.2, 0.25) is 5.89 Å². The molecule has 0 saturated carbocycles. The Kier molecular flexibility index (Phi) is 3.55. The van der Waals surface area contributed by atoms with Crippen molar-refractivity contribution in [3.8, 4) is 11.5 Å². The third kappa shape index (κ3) is 2.81. The van der Waals surface area contributed by atoms with E-state index in [1.54, 1.807) is 18.2 Å². The second kappa shape index (κ2) is 5.48. The summed E-state index contributed by atoms with van der Waals surface area (Å²) in [5.74, 6) is 0.473. The Morgan fingerprint density at radius 1 is 1.11 bits per heavy atom. The van der Waals surface area contributed by atoms with Gasteiger partial charge in [-0.1, -0.05) is 18.6 Å². The molecule has 3 rings (SSSR count). The highest BCUT2D eigenvalue weighted by atomic mass is 19.1. The molecule has 1 aliphatic rings. The summed E-state index contributed by atoms with van der Waals surface area (Å²) >= 11 is 0. The predicted octanol–water partition coefficient (Wildman–Crippen LogP) is 2.86. The Labute approximate surface area is 111 Å². The van der Waals surface area contributed by atoms with Crippen LogP contribution in [0.15, 0.2) is 28.7 Å². The van der Waals surface area contributed by atoms with Crippen molar-refractivity contribution in [1.82, 2.24) is 15.1 Å². The first-order valence-electron chi connectivity index (χ1n) is 6.62. The van der Waals surface area contributed by atoms with Crippen molar-refractivity contribution < 1.29 is 8.81 Å². The van der Waals surface area contributed by atoms with Crippen LogP contribution in [0.4, 0.5) is 4.39 Å². The van der Waals surface area contributed by atoms with Crippen LogP contribution >= 0.6 is 0 Å². The van der Waals surface area contributed by atoms with Crippen molar-refractivity contribution in [1.29, 1.82) is 0 Å². The van der Waals surface area contributed by atoms with Crippen LogP contribution in [0.3, 0.4) is 0 Å². The monoisotopic (exact) mass is 261 g/mol. The van der Waals surface area contributed by atoms with Gasteiger partial charge in [0.15, 0.2) is 0 Å². The van der Waals surface area contributed by atoms with Crippen LogP contribution in [0.25, 0.3) is 11.5 Å². The van der Waals surface area contributed by atoms with Crippen LogP contribution in [-0.2, 0) is 6.54 Å². The Morgan fingerprint density at radius 3 is 2.68 bits per heavy atom. The first kappa shape index (κ1) is 12.3. The molecule has 0 unspecified atom stereocenters. The van der Waals surface area contributed by atoms with Gasteiger partial charge in [0.25, 0.3) is 5.89 Å². The fourth-order valence-corrected chi connectivity index (χ4v) is 2.37. The third-order valence-electron chi connectivity index (χ3n) is 3.38. The predicted molar refractivity (Wildman–Crippen MR) is 68.8 cm³/mol. The van der Waals surface area contributed by atoms with Crippen LogP contribution in [0.1, 0.15) is 25.2 Å². The molecular weight excluding hydrogens is 245 g/mol. The fraction of sp³-hybridized carbons (Fsp3) is 0.429. The summed E-state index contributed by atoms with van der Waals surface area (Å²) in [6.45, 7) is 2.79. The summed E-state index contributed by atoms with van der Waals surface area (Å²) in [6, 6.07) is 6.44. The quantitative estimate of drug-likeness (QED) is 0.852. The van der Waals surface area contributed by atoms with Gasteiger partial charge in [0, 0.05) is 0 Å². The van der Waals surface area contributed by atoms with E-state index in [9.17, 15) is 4.39 Å². The molecule has 1 aliphatic heterocycles. The molecule has 0 atom stereocenters. The van der Waals surface area contributed by atoms with Gasteiger partial charge in [0.1, 0.15) is 5.82 Å². The minimum atomic E-state index is -0.337. The summed E-state index contributed by atoms with van der Waals surface area (Å²) in [5, 5.41) is 7.93. The molecule has 0 aliphatic carbocycles. The lowest BCUT2D eigenvalue weighted by atomic mass is 10.1. The number of piperidine rings is 1. The van der Waals surface area contributed by atoms with E-state index >= 15 is 0 Å². The van der Waals surface area contributed by atoms with E-state index in [0.717, 1.165) is 13.1 Å². The Morgan fingerprint density at radius 2 is 1.89 bits per heavy atom. The molecule has 1 aromatic carbocycles. The van der Waals surface area contributed by atoms with Crippen molar-refractivity contribution in [2.45, 2.75) is 25.8 Å². The van der Waals surface area contributed by atoms with E-state index in [1.807, 2.05) is 0 Å². The molecule has 4 nitrogen and oxygen atoms in total. The number of likely N-dealkylation sites (tertiary alicyclic amines) is 1. The molecule has 2 heterocycles. The molecule has 0 bridgehead atoms. The highest BCUT2D eigenvalue weighted by Crippen LogP contribution is 2.21. The lowest BCUT2D eigenvalue weighted by molar-refractivity contribution is 0.202. The molecule has 100 valence electrons. The maximum absolute atomic E-state index is 13.6. The average molecular weight is 261 g/mol. The molecule has 1 fully saturated rings. The van der Waals surface area contributed by atoms with Crippen molar-refractivity contribution in [3.63, 3.8) is 0 Å².